The number of amides is 3. The van der Waals surface area contributed by atoms with Gasteiger partial charge in [0.25, 0.3) is 0 Å². The Bertz CT molecular complexity index is 1240. The van der Waals surface area contributed by atoms with Crippen LogP contribution in [0.25, 0.3) is 0 Å². The molecule has 0 fully saturated rings. The zero-order valence-corrected chi connectivity index (χ0v) is 22.2. The van der Waals surface area contributed by atoms with Crippen molar-refractivity contribution in [1.82, 2.24) is 10.6 Å². The Morgan fingerprint density at radius 1 is 0.842 bits per heavy atom. The SMILES string of the molecule is CC(C)C[C@H](CC(=O)NCc1ccccc1)C(=O)NCC(=O)N(C)c1ccccc1C(=N)c1ccccc1. The molecule has 0 aliphatic rings. The van der Waals surface area contributed by atoms with Crippen LogP contribution in [-0.4, -0.2) is 37.0 Å². The summed E-state index contributed by atoms with van der Waals surface area (Å²) in [7, 11) is 1.63. The Hall–Kier alpha value is -4.26. The minimum Gasteiger partial charge on any atom is -0.352 e. The Kier molecular flexibility index (Phi) is 10.3. The van der Waals surface area contributed by atoms with E-state index in [1.54, 1.807) is 19.2 Å². The predicted molar refractivity (Wildman–Crippen MR) is 151 cm³/mol. The van der Waals surface area contributed by atoms with Gasteiger partial charge in [0, 0.05) is 37.1 Å². The van der Waals surface area contributed by atoms with Crippen LogP contribution in [0, 0.1) is 17.2 Å². The minimum atomic E-state index is -0.539. The van der Waals surface area contributed by atoms with Crippen molar-refractivity contribution in [3.05, 3.63) is 102 Å². The first kappa shape index (κ1) is 28.3. The van der Waals surface area contributed by atoms with Crippen molar-refractivity contribution in [3.63, 3.8) is 0 Å². The fraction of sp³-hybridized carbons (Fsp3) is 0.290. The van der Waals surface area contributed by atoms with Gasteiger partial charge in [-0.1, -0.05) is 92.7 Å². The molecule has 0 saturated heterocycles. The Balaban J connectivity index is 1.61. The summed E-state index contributed by atoms with van der Waals surface area (Å²) in [6.45, 7) is 4.19. The molecule has 0 heterocycles. The second-order valence-electron chi connectivity index (χ2n) is 9.72. The van der Waals surface area contributed by atoms with Gasteiger partial charge in [-0.25, -0.2) is 0 Å². The smallest absolute Gasteiger partial charge is 0.246 e. The highest BCUT2D eigenvalue weighted by Gasteiger charge is 2.24. The molecule has 0 unspecified atom stereocenters. The Morgan fingerprint density at radius 3 is 2.11 bits per heavy atom. The second kappa shape index (κ2) is 13.9. The van der Waals surface area contributed by atoms with Gasteiger partial charge in [-0.05, 0) is 24.0 Å². The third-order valence-corrected chi connectivity index (χ3v) is 6.28. The van der Waals surface area contributed by atoms with Crippen LogP contribution in [0.4, 0.5) is 5.69 Å². The Morgan fingerprint density at radius 2 is 1.45 bits per heavy atom. The maximum absolute atomic E-state index is 13.0. The number of anilines is 1. The number of carbonyl (C=O) groups excluding carboxylic acids is 3. The fourth-order valence-corrected chi connectivity index (χ4v) is 4.24. The van der Waals surface area contributed by atoms with Crippen molar-refractivity contribution >= 4 is 29.1 Å². The summed E-state index contributed by atoms with van der Waals surface area (Å²) in [6.07, 6.45) is 0.587. The molecule has 0 aliphatic carbocycles. The van der Waals surface area contributed by atoms with Gasteiger partial charge in [-0.15, -0.1) is 0 Å². The number of hydrogen-bond donors (Lipinski definition) is 3. The molecule has 3 aromatic rings. The molecular weight excluding hydrogens is 476 g/mol. The molecule has 0 bridgehead atoms. The van der Waals surface area contributed by atoms with Crippen LogP contribution in [0.3, 0.4) is 0 Å². The molecule has 7 heteroatoms. The summed E-state index contributed by atoms with van der Waals surface area (Å²) in [5.41, 5.74) is 3.24. The van der Waals surface area contributed by atoms with Crippen LogP contribution >= 0.6 is 0 Å². The van der Waals surface area contributed by atoms with E-state index in [0.717, 1.165) is 11.1 Å². The van der Waals surface area contributed by atoms with E-state index in [1.165, 1.54) is 4.90 Å². The third-order valence-electron chi connectivity index (χ3n) is 6.28. The molecule has 0 aliphatic heterocycles. The summed E-state index contributed by atoms with van der Waals surface area (Å²) in [5.74, 6) is -1.17. The number of benzene rings is 3. The van der Waals surface area contributed by atoms with Crippen molar-refractivity contribution in [1.29, 1.82) is 5.41 Å². The highest BCUT2D eigenvalue weighted by atomic mass is 16.2. The molecule has 198 valence electrons. The summed E-state index contributed by atoms with van der Waals surface area (Å²) < 4.78 is 0. The highest BCUT2D eigenvalue weighted by molar-refractivity contribution is 6.15. The maximum Gasteiger partial charge on any atom is 0.246 e. The number of hydrogen-bond acceptors (Lipinski definition) is 4. The van der Waals surface area contributed by atoms with Crippen molar-refractivity contribution < 1.29 is 14.4 Å². The minimum absolute atomic E-state index is 0.0535. The first-order valence-electron chi connectivity index (χ1n) is 12.8. The summed E-state index contributed by atoms with van der Waals surface area (Å²) in [5, 5.41) is 14.3. The van der Waals surface area contributed by atoms with E-state index in [2.05, 4.69) is 10.6 Å². The first-order valence-corrected chi connectivity index (χ1v) is 12.8. The topological polar surface area (TPSA) is 102 Å². The van der Waals surface area contributed by atoms with Gasteiger partial charge in [-0.2, -0.15) is 0 Å². The zero-order chi connectivity index (χ0) is 27.5. The van der Waals surface area contributed by atoms with Gasteiger partial charge < -0.3 is 15.5 Å². The van der Waals surface area contributed by atoms with Gasteiger partial charge in [0.05, 0.1) is 17.9 Å². The average molecular weight is 513 g/mol. The van der Waals surface area contributed by atoms with Gasteiger partial charge in [0.2, 0.25) is 17.7 Å². The van der Waals surface area contributed by atoms with E-state index in [4.69, 9.17) is 5.41 Å². The first-order chi connectivity index (χ1) is 18.3. The quantitative estimate of drug-likeness (QED) is 0.310. The number of carbonyl (C=O) groups is 3. The molecule has 0 aromatic heterocycles. The summed E-state index contributed by atoms with van der Waals surface area (Å²) in [4.78, 5) is 40.1. The molecule has 3 N–H and O–H groups in total. The van der Waals surface area contributed by atoms with E-state index in [-0.39, 0.29) is 36.6 Å². The number of rotatable bonds is 12. The van der Waals surface area contributed by atoms with Crippen LogP contribution in [0.2, 0.25) is 0 Å². The maximum atomic E-state index is 13.0. The molecular formula is C31H36N4O3. The van der Waals surface area contributed by atoms with E-state index in [0.29, 0.717) is 29.9 Å². The third kappa shape index (κ3) is 8.13. The molecule has 3 rings (SSSR count). The predicted octanol–water partition coefficient (Wildman–Crippen LogP) is 4.55. The van der Waals surface area contributed by atoms with E-state index >= 15 is 0 Å². The van der Waals surface area contributed by atoms with Crippen LogP contribution in [-0.2, 0) is 20.9 Å². The molecule has 1 atom stereocenters. The summed E-state index contributed by atoms with van der Waals surface area (Å²) >= 11 is 0. The fourth-order valence-electron chi connectivity index (χ4n) is 4.24. The van der Waals surface area contributed by atoms with Gasteiger partial charge in [-0.3, -0.25) is 19.8 Å². The van der Waals surface area contributed by atoms with Crippen molar-refractivity contribution in [2.24, 2.45) is 11.8 Å². The lowest BCUT2D eigenvalue weighted by molar-refractivity contribution is -0.131. The molecule has 3 aromatic carbocycles. The van der Waals surface area contributed by atoms with E-state index < -0.39 is 5.92 Å². The van der Waals surface area contributed by atoms with Crippen LogP contribution in [0.1, 0.15) is 43.4 Å². The summed E-state index contributed by atoms with van der Waals surface area (Å²) in [6, 6.07) is 26.2. The second-order valence-corrected chi connectivity index (χ2v) is 9.72. The van der Waals surface area contributed by atoms with Crippen molar-refractivity contribution in [3.8, 4) is 0 Å². The lowest BCUT2D eigenvalue weighted by Crippen LogP contribution is -2.42. The van der Waals surface area contributed by atoms with Gasteiger partial charge in [0.15, 0.2) is 0 Å². The standard InChI is InChI=1S/C31H36N4O3/c1-22(2)18-25(19-28(36)33-20-23-12-6-4-7-13-23)31(38)34-21-29(37)35(3)27-17-11-10-16-26(27)30(32)24-14-8-5-9-15-24/h4-17,22,25,32H,18-21H2,1-3H3,(H,33,36)(H,34,38)/t25-/m1/s1. The van der Waals surface area contributed by atoms with Crippen LogP contribution in [0.15, 0.2) is 84.9 Å². The average Bonchev–Trinajstić information content (AvgIpc) is 2.94. The molecule has 0 spiro atoms. The monoisotopic (exact) mass is 512 g/mol. The zero-order valence-electron chi connectivity index (χ0n) is 22.2. The van der Waals surface area contributed by atoms with Crippen LogP contribution < -0.4 is 15.5 Å². The number of nitrogens with one attached hydrogen (secondary N) is 3. The number of likely N-dealkylation sites (N-methyl/N-ethyl adjacent to an activating group) is 1. The molecule has 0 saturated carbocycles. The van der Waals surface area contributed by atoms with E-state index in [9.17, 15) is 14.4 Å². The molecule has 38 heavy (non-hydrogen) atoms. The van der Waals surface area contributed by atoms with Gasteiger partial charge >= 0.3 is 0 Å². The van der Waals surface area contributed by atoms with Crippen molar-refractivity contribution in [2.45, 2.75) is 33.2 Å². The number of para-hydroxylation sites is 1. The highest BCUT2D eigenvalue weighted by Crippen LogP contribution is 2.23. The lowest BCUT2D eigenvalue weighted by Gasteiger charge is -2.23. The van der Waals surface area contributed by atoms with Gasteiger partial charge in [0.1, 0.15) is 0 Å². The Labute approximate surface area is 224 Å². The molecule has 3 amide bonds. The van der Waals surface area contributed by atoms with Crippen molar-refractivity contribution in [2.75, 3.05) is 18.5 Å². The number of nitrogens with zero attached hydrogens (tertiary/aromatic N) is 1. The normalized spacial score (nSPS) is 11.5. The molecule has 0 radical (unpaired) electrons. The van der Waals surface area contributed by atoms with E-state index in [1.807, 2.05) is 86.6 Å². The largest absolute Gasteiger partial charge is 0.352 e. The lowest BCUT2D eigenvalue weighted by atomic mass is 9.93. The molecule has 7 nitrogen and oxygen atoms in total. The van der Waals surface area contributed by atoms with Crippen LogP contribution in [0.5, 0.6) is 0 Å².